The van der Waals surface area contributed by atoms with Crippen LogP contribution in [0.1, 0.15) is 39.9 Å². The normalized spacial score (nSPS) is 17.0. The molecule has 1 aromatic heterocycles. The molecule has 5 heteroatoms. The molecule has 1 N–H and O–H groups in total. The lowest BCUT2D eigenvalue weighted by molar-refractivity contribution is 0.0674. The van der Waals surface area contributed by atoms with Gasteiger partial charge in [-0.3, -0.25) is 9.78 Å². The first-order valence-corrected chi connectivity index (χ1v) is 9.65. The third kappa shape index (κ3) is 4.86. The predicted molar refractivity (Wildman–Crippen MR) is 107 cm³/mol. The molecule has 1 aliphatic heterocycles. The molecule has 0 bridgehead atoms. The molecule has 0 radical (unpaired) electrons. The van der Waals surface area contributed by atoms with Gasteiger partial charge in [-0.15, -0.1) is 0 Å². The number of pyridine rings is 1. The highest BCUT2D eigenvalue weighted by atomic mass is 16.5. The lowest BCUT2D eigenvalue weighted by atomic mass is 9.96. The van der Waals surface area contributed by atoms with Crippen molar-refractivity contribution in [1.29, 1.82) is 0 Å². The number of ether oxygens (including phenoxy) is 1. The number of nitrogens with one attached hydrogen (secondary N) is 1. The quantitative estimate of drug-likeness (QED) is 0.851. The van der Waals surface area contributed by atoms with Crippen molar-refractivity contribution in [3.63, 3.8) is 0 Å². The van der Waals surface area contributed by atoms with Gasteiger partial charge in [-0.25, -0.2) is 0 Å². The fourth-order valence-corrected chi connectivity index (χ4v) is 3.83. The number of aromatic nitrogens is 1. The first kappa shape index (κ1) is 19.4. The minimum absolute atomic E-state index is 0.126. The van der Waals surface area contributed by atoms with Gasteiger partial charge in [0, 0.05) is 36.6 Å². The van der Waals surface area contributed by atoms with E-state index in [1.165, 1.54) is 6.42 Å². The Kier molecular flexibility index (Phi) is 6.45. The molecule has 1 unspecified atom stereocenters. The first-order valence-electron chi connectivity index (χ1n) is 9.65. The maximum absolute atomic E-state index is 13.0. The highest BCUT2D eigenvalue weighted by molar-refractivity contribution is 5.95. The average molecular weight is 367 g/mol. The van der Waals surface area contributed by atoms with Crippen LogP contribution < -0.4 is 10.1 Å². The van der Waals surface area contributed by atoms with Gasteiger partial charge in [0.1, 0.15) is 12.4 Å². The van der Waals surface area contributed by atoms with E-state index in [2.05, 4.69) is 10.3 Å². The summed E-state index contributed by atoms with van der Waals surface area (Å²) in [7, 11) is 1.97. The van der Waals surface area contributed by atoms with E-state index in [0.717, 1.165) is 54.1 Å². The largest absolute Gasteiger partial charge is 0.488 e. The average Bonchev–Trinajstić information content (AvgIpc) is 2.68. The van der Waals surface area contributed by atoms with E-state index in [-0.39, 0.29) is 5.91 Å². The van der Waals surface area contributed by atoms with E-state index < -0.39 is 0 Å². The van der Waals surface area contributed by atoms with Crippen molar-refractivity contribution in [3.8, 4) is 5.75 Å². The third-order valence-corrected chi connectivity index (χ3v) is 5.11. The van der Waals surface area contributed by atoms with Crippen molar-refractivity contribution >= 4 is 5.91 Å². The Labute approximate surface area is 161 Å². The van der Waals surface area contributed by atoms with Crippen LogP contribution in [-0.2, 0) is 6.61 Å². The highest BCUT2D eigenvalue weighted by Crippen LogP contribution is 2.27. The number of aryl methyl sites for hydroxylation is 2. The fourth-order valence-electron chi connectivity index (χ4n) is 3.83. The zero-order valence-corrected chi connectivity index (χ0v) is 16.5. The first-order chi connectivity index (χ1) is 13.1. The molecule has 0 aliphatic carbocycles. The van der Waals surface area contributed by atoms with Crippen LogP contribution in [0.25, 0.3) is 0 Å². The lowest BCUT2D eigenvalue weighted by Gasteiger charge is -2.33. The molecule has 1 atom stereocenters. The zero-order valence-electron chi connectivity index (χ0n) is 16.5. The number of rotatable bonds is 6. The molecule has 27 heavy (non-hydrogen) atoms. The van der Waals surface area contributed by atoms with Gasteiger partial charge < -0.3 is 15.0 Å². The second-order valence-corrected chi connectivity index (χ2v) is 7.41. The van der Waals surface area contributed by atoms with Gasteiger partial charge in [-0.05, 0) is 75.5 Å². The third-order valence-electron chi connectivity index (χ3n) is 5.11. The molecule has 144 valence electrons. The summed E-state index contributed by atoms with van der Waals surface area (Å²) in [5.41, 5.74) is 3.77. The number of benzene rings is 1. The van der Waals surface area contributed by atoms with Crippen LogP contribution >= 0.6 is 0 Å². The molecular weight excluding hydrogens is 338 g/mol. The molecule has 3 rings (SSSR count). The van der Waals surface area contributed by atoms with Gasteiger partial charge in [0.15, 0.2) is 0 Å². The maximum atomic E-state index is 13.0. The highest BCUT2D eigenvalue weighted by Gasteiger charge is 2.24. The van der Waals surface area contributed by atoms with E-state index in [4.69, 9.17) is 4.74 Å². The van der Waals surface area contributed by atoms with Crippen molar-refractivity contribution in [2.75, 3.05) is 26.7 Å². The molecule has 0 spiro atoms. The molecule has 1 saturated heterocycles. The van der Waals surface area contributed by atoms with E-state index in [1.807, 2.05) is 50.1 Å². The summed E-state index contributed by atoms with van der Waals surface area (Å²) in [6, 6.07) is 7.80. The number of nitrogens with zero attached hydrogens (tertiary/aromatic N) is 2. The Morgan fingerprint density at radius 3 is 2.78 bits per heavy atom. The summed E-state index contributed by atoms with van der Waals surface area (Å²) < 4.78 is 6.01. The SMILES string of the molecule is CNCC1CCCN(C(=O)c2cc(C)c(OCc3cccnc3)c(C)c2)C1. The molecular formula is C22H29N3O2. The molecule has 5 nitrogen and oxygen atoms in total. The maximum Gasteiger partial charge on any atom is 0.253 e. The van der Waals surface area contributed by atoms with Gasteiger partial charge in [0.2, 0.25) is 0 Å². The Balaban J connectivity index is 1.71. The van der Waals surface area contributed by atoms with Crippen molar-refractivity contribution in [2.24, 2.45) is 5.92 Å². The van der Waals surface area contributed by atoms with Gasteiger partial charge in [0.25, 0.3) is 5.91 Å². The number of carbonyl (C=O) groups excluding carboxylic acids is 1. The lowest BCUT2D eigenvalue weighted by Crippen LogP contribution is -2.42. The Morgan fingerprint density at radius 2 is 2.11 bits per heavy atom. The number of hydrogen-bond donors (Lipinski definition) is 1. The standard InChI is InChI=1S/C22H29N3O2/c1-16-10-20(22(26)25-9-5-7-18(14-25)12-23-3)11-17(2)21(16)27-15-19-6-4-8-24-13-19/h4,6,8,10-11,13,18,23H,5,7,9,12,14-15H2,1-3H3. The zero-order chi connectivity index (χ0) is 19.2. The molecule has 0 saturated carbocycles. The van der Waals surface area contributed by atoms with Gasteiger partial charge in [-0.2, -0.15) is 0 Å². The number of likely N-dealkylation sites (tertiary alicyclic amines) is 1. The topological polar surface area (TPSA) is 54.5 Å². The predicted octanol–water partition coefficient (Wildman–Crippen LogP) is 3.35. The number of hydrogen-bond acceptors (Lipinski definition) is 4. The fraction of sp³-hybridized carbons (Fsp3) is 0.455. The van der Waals surface area contributed by atoms with Gasteiger partial charge in [0.05, 0.1) is 0 Å². The summed E-state index contributed by atoms with van der Waals surface area (Å²) in [5.74, 6) is 1.51. The number of amides is 1. The summed E-state index contributed by atoms with van der Waals surface area (Å²) >= 11 is 0. The van der Waals surface area contributed by atoms with E-state index >= 15 is 0 Å². The van der Waals surface area contributed by atoms with Crippen LogP contribution in [0.3, 0.4) is 0 Å². The van der Waals surface area contributed by atoms with Crippen molar-refractivity contribution in [3.05, 3.63) is 58.9 Å². The van der Waals surface area contributed by atoms with Crippen LogP contribution in [0.15, 0.2) is 36.7 Å². The van der Waals surface area contributed by atoms with Gasteiger partial charge in [-0.1, -0.05) is 6.07 Å². The molecule has 1 amide bonds. The second-order valence-electron chi connectivity index (χ2n) is 7.41. The molecule has 1 aromatic carbocycles. The van der Waals surface area contributed by atoms with Crippen LogP contribution in [0.5, 0.6) is 5.75 Å². The molecule has 1 aliphatic rings. The van der Waals surface area contributed by atoms with Crippen LogP contribution in [0.4, 0.5) is 0 Å². The minimum Gasteiger partial charge on any atom is -0.488 e. The summed E-state index contributed by atoms with van der Waals surface area (Å²) in [5, 5.41) is 3.23. The smallest absolute Gasteiger partial charge is 0.253 e. The van der Waals surface area contributed by atoms with Crippen molar-refractivity contribution in [1.82, 2.24) is 15.2 Å². The Morgan fingerprint density at radius 1 is 1.33 bits per heavy atom. The number of carbonyl (C=O) groups is 1. The monoisotopic (exact) mass is 367 g/mol. The number of piperidine rings is 1. The van der Waals surface area contributed by atoms with E-state index in [9.17, 15) is 4.79 Å². The van der Waals surface area contributed by atoms with Crippen LogP contribution in [0, 0.1) is 19.8 Å². The van der Waals surface area contributed by atoms with Crippen LogP contribution in [-0.4, -0.2) is 42.5 Å². The van der Waals surface area contributed by atoms with E-state index in [1.54, 1.807) is 12.4 Å². The molecule has 2 heterocycles. The van der Waals surface area contributed by atoms with Crippen molar-refractivity contribution in [2.45, 2.75) is 33.3 Å². The molecule has 2 aromatic rings. The minimum atomic E-state index is 0.126. The summed E-state index contributed by atoms with van der Waals surface area (Å²) in [4.78, 5) is 19.1. The summed E-state index contributed by atoms with van der Waals surface area (Å²) in [6.45, 7) is 7.11. The van der Waals surface area contributed by atoms with Crippen LogP contribution in [0.2, 0.25) is 0 Å². The van der Waals surface area contributed by atoms with E-state index in [0.29, 0.717) is 12.5 Å². The summed E-state index contributed by atoms with van der Waals surface area (Å²) in [6.07, 6.45) is 5.81. The Hall–Kier alpha value is -2.40. The van der Waals surface area contributed by atoms with Crippen molar-refractivity contribution < 1.29 is 9.53 Å². The second kappa shape index (κ2) is 9.00. The Bertz CT molecular complexity index is 751. The van der Waals surface area contributed by atoms with Gasteiger partial charge >= 0.3 is 0 Å². The molecule has 1 fully saturated rings.